The summed E-state index contributed by atoms with van der Waals surface area (Å²) in [7, 11) is 0. The summed E-state index contributed by atoms with van der Waals surface area (Å²) >= 11 is 0. The zero-order chi connectivity index (χ0) is 41.9. The highest BCUT2D eigenvalue weighted by atomic mass is 15.0. The Kier molecular flexibility index (Phi) is 8.68. The van der Waals surface area contributed by atoms with Gasteiger partial charge in [-0.25, -0.2) is 9.97 Å². The van der Waals surface area contributed by atoms with E-state index in [9.17, 15) is 0 Å². The quantitative estimate of drug-likeness (QED) is 0.161. The Morgan fingerprint density at radius 3 is 1.19 bits per heavy atom. The van der Waals surface area contributed by atoms with E-state index in [1.807, 2.05) is 0 Å². The fraction of sp³-hybridized carbons (Fsp3) is 0.0169. The molecule has 0 saturated heterocycles. The van der Waals surface area contributed by atoms with E-state index >= 15 is 0 Å². The molecule has 0 aliphatic heterocycles. The van der Waals surface area contributed by atoms with Crippen molar-refractivity contribution < 1.29 is 0 Å². The van der Waals surface area contributed by atoms with Crippen LogP contribution in [0, 0.1) is 6.92 Å². The van der Waals surface area contributed by atoms with Gasteiger partial charge in [-0.15, -0.1) is 0 Å². The Hall–Kier alpha value is -8.34. The molecular formula is C59H40N4. The Morgan fingerprint density at radius 1 is 0.302 bits per heavy atom. The van der Waals surface area contributed by atoms with Crippen LogP contribution in [0.3, 0.4) is 0 Å². The van der Waals surface area contributed by atoms with Crippen molar-refractivity contribution in [3.05, 3.63) is 230 Å². The number of benzene rings is 9. The maximum absolute atomic E-state index is 5.59. The molecule has 9 aromatic carbocycles. The highest BCUT2D eigenvalue weighted by molar-refractivity contribution is 6.11. The number of nitrogens with zero attached hydrogens (tertiary/aromatic N) is 4. The molecule has 296 valence electrons. The first-order valence-corrected chi connectivity index (χ1v) is 21.5. The zero-order valence-electron chi connectivity index (χ0n) is 34.7. The summed E-state index contributed by atoms with van der Waals surface area (Å²) in [5.74, 6) is 0.677. The Balaban J connectivity index is 1.13. The van der Waals surface area contributed by atoms with Crippen LogP contribution in [-0.4, -0.2) is 19.1 Å². The molecule has 12 aromatic rings. The van der Waals surface area contributed by atoms with Gasteiger partial charge in [0.05, 0.1) is 33.5 Å². The van der Waals surface area contributed by atoms with Crippen molar-refractivity contribution in [1.82, 2.24) is 19.1 Å². The van der Waals surface area contributed by atoms with E-state index in [1.165, 1.54) is 38.1 Å². The fourth-order valence-electron chi connectivity index (χ4n) is 9.65. The van der Waals surface area contributed by atoms with Crippen molar-refractivity contribution in [3.63, 3.8) is 0 Å². The summed E-state index contributed by atoms with van der Waals surface area (Å²) in [6, 6.07) is 80.1. The minimum atomic E-state index is 0.677. The number of fused-ring (bicyclic) bond motifs is 6. The maximum Gasteiger partial charge on any atom is 0.161 e. The van der Waals surface area contributed by atoms with E-state index in [0.717, 1.165) is 72.7 Å². The van der Waals surface area contributed by atoms with Crippen LogP contribution in [0.25, 0.3) is 111 Å². The van der Waals surface area contributed by atoms with E-state index < -0.39 is 0 Å². The molecule has 0 atom stereocenters. The van der Waals surface area contributed by atoms with Gasteiger partial charge in [-0.3, -0.25) is 0 Å². The van der Waals surface area contributed by atoms with E-state index in [1.54, 1.807) is 0 Å². The van der Waals surface area contributed by atoms with Gasteiger partial charge in [-0.2, -0.15) is 0 Å². The molecular weight excluding hydrogens is 765 g/mol. The molecule has 0 aliphatic rings. The third kappa shape index (κ3) is 6.07. The largest absolute Gasteiger partial charge is 0.309 e. The van der Waals surface area contributed by atoms with Crippen molar-refractivity contribution in [2.75, 3.05) is 0 Å². The summed E-state index contributed by atoms with van der Waals surface area (Å²) in [6.07, 6.45) is 0. The average molecular weight is 805 g/mol. The molecule has 4 heteroatoms. The lowest BCUT2D eigenvalue weighted by Crippen LogP contribution is -2.02. The maximum atomic E-state index is 5.59. The minimum absolute atomic E-state index is 0.677. The van der Waals surface area contributed by atoms with E-state index in [0.29, 0.717) is 5.82 Å². The predicted molar refractivity (Wildman–Crippen MR) is 263 cm³/mol. The Morgan fingerprint density at radius 2 is 0.683 bits per heavy atom. The van der Waals surface area contributed by atoms with Crippen molar-refractivity contribution in [2.24, 2.45) is 0 Å². The van der Waals surface area contributed by atoms with Gasteiger partial charge in [0.15, 0.2) is 5.82 Å². The molecule has 12 rings (SSSR count). The van der Waals surface area contributed by atoms with Gasteiger partial charge in [0.1, 0.15) is 0 Å². The van der Waals surface area contributed by atoms with Crippen LogP contribution in [0.2, 0.25) is 0 Å². The molecule has 0 fully saturated rings. The minimum Gasteiger partial charge on any atom is -0.309 e. The molecule has 4 nitrogen and oxygen atoms in total. The second-order valence-electron chi connectivity index (χ2n) is 16.2. The predicted octanol–water partition coefficient (Wildman–Crippen LogP) is 15.3. The van der Waals surface area contributed by atoms with Crippen molar-refractivity contribution in [2.45, 2.75) is 6.92 Å². The number of rotatable bonds is 7. The van der Waals surface area contributed by atoms with E-state index in [2.05, 4.69) is 241 Å². The molecule has 0 aliphatic carbocycles. The van der Waals surface area contributed by atoms with Crippen molar-refractivity contribution in [3.8, 4) is 67.5 Å². The van der Waals surface area contributed by atoms with Crippen LogP contribution in [0.4, 0.5) is 0 Å². The summed E-state index contributed by atoms with van der Waals surface area (Å²) in [6.45, 7) is 2.18. The third-order valence-corrected chi connectivity index (χ3v) is 12.5. The van der Waals surface area contributed by atoms with Crippen LogP contribution in [0.1, 0.15) is 5.56 Å². The highest BCUT2D eigenvalue weighted by Crippen LogP contribution is 2.42. The molecule has 3 aromatic heterocycles. The van der Waals surface area contributed by atoms with E-state index in [4.69, 9.17) is 9.97 Å². The second kappa shape index (κ2) is 15.0. The summed E-state index contributed by atoms with van der Waals surface area (Å²) in [4.78, 5) is 11.2. The molecule has 3 heterocycles. The lowest BCUT2D eigenvalue weighted by atomic mass is 9.91. The fourth-order valence-corrected chi connectivity index (χ4v) is 9.65. The topological polar surface area (TPSA) is 35.6 Å². The van der Waals surface area contributed by atoms with E-state index in [-0.39, 0.29) is 0 Å². The second-order valence-corrected chi connectivity index (χ2v) is 16.2. The molecule has 0 amide bonds. The molecule has 0 radical (unpaired) electrons. The lowest BCUT2D eigenvalue weighted by molar-refractivity contribution is 1.14. The van der Waals surface area contributed by atoms with Crippen LogP contribution in [-0.2, 0) is 0 Å². The van der Waals surface area contributed by atoms with Crippen LogP contribution in [0.15, 0.2) is 224 Å². The van der Waals surface area contributed by atoms with Gasteiger partial charge in [0.2, 0.25) is 0 Å². The molecule has 0 spiro atoms. The SMILES string of the molecule is Cc1c(-c2ccc3c4ccccc4n(-c4ccccc4)c3c2)nc(-c2ccccc2-c2ccccc2-c2ccccc2)nc1-c1ccc2c3ccccc3n(-c3ccccc3)c2c1. The number of aromatic nitrogens is 4. The van der Waals surface area contributed by atoms with Crippen LogP contribution >= 0.6 is 0 Å². The average Bonchev–Trinajstić information content (AvgIpc) is 3.87. The molecule has 0 bridgehead atoms. The molecule has 0 N–H and O–H groups in total. The number of hydrogen-bond acceptors (Lipinski definition) is 2. The first kappa shape index (κ1) is 36.5. The first-order valence-electron chi connectivity index (χ1n) is 21.5. The molecule has 0 unspecified atom stereocenters. The molecule has 63 heavy (non-hydrogen) atoms. The first-order chi connectivity index (χ1) is 31.2. The van der Waals surface area contributed by atoms with Crippen molar-refractivity contribution in [1.29, 1.82) is 0 Å². The summed E-state index contributed by atoms with van der Waals surface area (Å²) in [5, 5.41) is 4.84. The molecule has 0 saturated carbocycles. The number of hydrogen-bond donors (Lipinski definition) is 0. The van der Waals surface area contributed by atoms with Gasteiger partial charge >= 0.3 is 0 Å². The van der Waals surface area contributed by atoms with Gasteiger partial charge in [0.25, 0.3) is 0 Å². The smallest absolute Gasteiger partial charge is 0.161 e. The normalized spacial score (nSPS) is 11.6. The monoisotopic (exact) mass is 804 g/mol. The Bertz CT molecular complexity index is 3500. The van der Waals surface area contributed by atoms with Crippen LogP contribution in [0.5, 0.6) is 0 Å². The zero-order valence-corrected chi connectivity index (χ0v) is 34.7. The lowest BCUT2D eigenvalue weighted by Gasteiger charge is -2.17. The summed E-state index contributed by atoms with van der Waals surface area (Å²) < 4.78 is 4.75. The number of para-hydroxylation sites is 4. The van der Waals surface area contributed by atoms with Crippen molar-refractivity contribution >= 4 is 43.6 Å². The Labute approximate surface area is 365 Å². The van der Waals surface area contributed by atoms with Crippen LogP contribution < -0.4 is 0 Å². The summed E-state index contributed by atoms with van der Waals surface area (Å²) in [5.41, 5.74) is 17.2. The third-order valence-electron chi connectivity index (χ3n) is 12.5. The van der Waals surface area contributed by atoms with Gasteiger partial charge in [0, 0.05) is 55.2 Å². The standard InChI is InChI=1S/C59H40N4/c1-39-57(41-33-35-50-48-28-15-17-31-53(48)62(55(50)37-41)43-21-7-3-8-22-43)60-59(52-30-14-13-27-47(52)46-26-12-11-25-45(46)40-19-5-2-6-20-40)61-58(39)42-34-36-51-49-29-16-18-32-54(49)63(56(51)38-42)44-23-9-4-10-24-44/h2-38H,1H3. The van der Waals surface area contributed by atoms with Gasteiger partial charge < -0.3 is 9.13 Å². The van der Waals surface area contributed by atoms with Gasteiger partial charge in [-0.1, -0.05) is 176 Å². The van der Waals surface area contributed by atoms with Gasteiger partial charge in [-0.05, 0) is 77.7 Å². The highest BCUT2D eigenvalue weighted by Gasteiger charge is 2.22.